The summed E-state index contributed by atoms with van der Waals surface area (Å²) >= 11 is 1.94. The Morgan fingerprint density at radius 1 is 1.45 bits per heavy atom. The number of thioether (sulfide) groups is 1. The molecule has 2 heterocycles. The first-order chi connectivity index (χ1) is 9.48. The second-order valence-corrected chi connectivity index (χ2v) is 7.38. The number of benzene rings is 1. The molecule has 4 heteroatoms. The fourth-order valence-corrected chi connectivity index (χ4v) is 4.27. The Balaban J connectivity index is 1.95. The fourth-order valence-electron chi connectivity index (χ4n) is 2.84. The van der Waals surface area contributed by atoms with Crippen molar-refractivity contribution in [2.24, 2.45) is 0 Å². The van der Waals surface area contributed by atoms with Gasteiger partial charge in [0.15, 0.2) is 0 Å². The van der Waals surface area contributed by atoms with Gasteiger partial charge < -0.3 is 9.47 Å². The van der Waals surface area contributed by atoms with E-state index in [1.165, 1.54) is 11.1 Å². The van der Waals surface area contributed by atoms with E-state index in [9.17, 15) is 0 Å². The summed E-state index contributed by atoms with van der Waals surface area (Å²) in [7, 11) is 0. The molecule has 2 unspecified atom stereocenters. The van der Waals surface area contributed by atoms with E-state index < -0.39 is 0 Å². The predicted molar refractivity (Wildman–Crippen MR) is 83.8 cm³/mol. The molecule has 0 radical (unpaired) electrons. The third-order valence-corrected chi connectivity index (χ3v) is 5.34. The van der Waals surface area contributed by atoms with Crippen LogP contribution in [0.2, 0.25) is 0 Å². The summed E-state index contributed by atoms with van der Waals surface area (Å²) in [4.78, 5) is 0. The highest BCUT2D eigenvalue weighted by atomic mass is 32.2. The van der Waals surface area contributed by atoms with E-state index in [0.29, 0.717) is 6.61 Å². The van der Waals surface area contributed by atoms with Gasteiger partial charge in [0.05, 0.1) is 12.0 Å². The lowest BCUT2D eigenvalue weighted by Gasteiger charge is -2.21. The normalized spacial score (nSPS) is 27.2. The van der Waals surface area contributed by atoms with Gasteiger partial charge in [0.1, 0.15) is 17.6 Å². The van der Waals surface area contributed by atoms with Gasteiger partial charge in [-0.2, -0.15) is 0 Å². The number of rotatable bonds is 3. The molecule has 2 atom stereocenters. The van der Waals surface area contributed by atoms with Gasteiger partial charge in [0.25, 0.3) is 0 Å². The summed E-state index contributed by atoms with van der Waals surface area (Å²) in [5, 5.41) is 3.96. The van der Waals surface area contributed by atoms with E-state index >= 15 is 0 Å². The second-order valence-electron chi connectivity index (χ2n) is 6.28. The predicted octanol–water partition coefficient (Wildman–Crippen LogP) is 3.52. The lowest BCUT2D eigenvalue weighted by molar-refractivity contribution is 0.254. The Bertz CT molecular complexity index is 515. The number of hydrogen-bond acceptors (Lipinski definition) is 4. The maximum atomic E-state index is 5.90. The van der Waals surface area contributed by atoms with Crippen molar-refractivity contribution < 1.29 is 9.47 Å². The van der Waals surface area contributed by atoms with E-state index in [2.05, 4.69) is 38.2 Å². The molecule has 0 amide bonds. The van der Waals surface area contributed by atoms with Crippen molar-refractivity contribution in [3.8, 4) is 11.5 Å². The van der Waals surface area contributed by atoms with E-state index in [4.69, 9.17) is 9.47 Å². The zero-order valence-corrected chi connectivity index (χ0v) is 13.5. The molecule has 0 aromatic heterocycles. The molecule has 20 heavy (non-hydrogen) atoms. The van der Waals surface area contributed by atoms with Crippen LogP contribution >= 0.6 is 11.8 Å². The minimum Gasteiger partial charge on any atom is -0.493 e. The first-order valence-electron chi connectivity index (χ1n) is 7.34. The molecular formula is C16H23NO2S. The van der Waals surface area contributed by atoms with Crippen LogP contribution in [0.15, 0.2) is 12.1 Å². The molecule has 0 saturated carbocycles. The second kappa shape index (κ2) is 5.15. The van der Waals surface area contributed by atoms with Crippen molar-refractivity contribution in [2.45, 2.75) is 51.1 Å². The Morgan fingerprint density at radius 2 is 2.25 bits per heavy atom. The summed E-state index contributed by atoms with van der Waals surface area (Å²) in [5.74, 6) is 3.15. The summed E-state index contributed by atoms with van der Waals surface area (Å²) in [6.07, 6.45) is 1.25. The molecule has 2 aliphatic heterocycles. The number of fused-ring (bicyclic) bond motifs is 1. The maximum absolute atomic E-state index is 5.90. The van der Waals surface area contributed by atoms with Gasteiger partial charge in [-0.3, -0.25) is 5.32 Å². The van der Waals surface area contributed by atoms with Crippen LogP contribution in [-0.2, 0) is 6.42 Å². The highest BCUT2D eigenvalue weighted by Gasteiger charge is 2.34. The lowest BCUT2D eigenvalue weighted by Crippen LogP contribution is -2.36. The van der Waals surface area contributed by atoms with Gasteiger partial charge in [-0.15, -0.1) is 11.8 Å². The standard InChI is InChI=1S/C16H23NO2S/c1-5-18-14-7-11-6-10(2)19-13(11)8-12(14)15-17-16(3,4)9-20-15/h7-8,10,15,17H,5-6,9H2,1-4H3. The van der Waals surface area contributed by atoms with Crippen molar-refractivity contribution in [1.82, 2.24) is 5.32 Å². The van der Waals surface area contributed by atoms with Crippen molar-refractivity contribution >= 4 is 11.8 Å². The minimum atomic E-state index is 0.173. The fraction of sp³-hybridized carbons (Fsp3) is 0.625. The van der Waals surface area contributed by atoms with Crippen molar-refractivity contribution in [2.75, 3.05) is 12.4 Å². The van der Waals surface area contributed by atoms with Gasteiger partial charge in [-0.1, -0.05) is 0 Å². The zero-order chi connectivity index (χ0) is 14.3. The van der Waals surface area contributed by atoms with Gasteiger partial charge in [-0.05, 0) is 39.8 Å². The van der Waals surface area contributed by atoms with Gasteiger partial charge in [0, 0.05) is 28.8 Å². The van der Waals surface area contributed by atoms with Crippen LogP contribution in [0, 0.1) is 0 Å². The van der Waals surface area contributed by atoms with Crippen LogP contribution in [0.3, 0.4) is 0 Å². The Morgan fingerprint density at radius 3 is 2.90 bits per heavy atom. The molecule has 1 aromatic rings. The first-order valence-corrected chi connectivity index (χ1v) is 8.39. The van der Waals surface area contributed by atoms with Gasteiger partial charge in [0.2, 0.25) is 0 Å². The third-order valence-electron chi connectivity index (χ3n) is 3.74. The highest BCUT2D eigenvalue weighted by Crippen LogP contribution is 2.44. The first kappa shape index (κ1) is 14.1. The molecule has 0 aliphatic carbocycles. The van der Waals surface area contributed by atoms with Crippen LogP contribution in [-0.4, -0.2) is 24.0 Å². The Labute approximate surface area is 125 Å². The minimum absolute atomic E-state index is 0.173. The SMILES string of the molecule is CCOc1cc2c(cc1C1NC(C)(C)CS1)OC(C)C2. The molecular weight excluding hydrogens is 270 g/mol. The monoisotopic (exact) mass is 293 g/mol. The van der Waals surface area contributed by atoms with Crippen molar-refractivity contribution in [3.05, 3.63) is 23.3 Å². The van der Waals surface area contributed by atoms with Crippen LogP contribution < -0.4 is 14.8 Å². The largest absolute Gasteiger partial charge is 0.493 e. The average Bonchev–Trinajstić information content (AvgIpc) is 2.90. The van der Waals surface area contributed by atoms with Crippen molar-refractivity contribution in [1.29, 1.82) is 0 Å². The van der Waals surface area contributed by atoms with Gasteiger partial charge in [-0.25, -0.2) is 0 Å². The molecule has 1 N–H and O–H groups in total. The Kier molecular flexibility index (Phi) is 3.63. The zero-order valence-electron chi connectivity index (χ0n) is 12.7. The van der Waals surface area contributed by atoms with Crippen LogP contribution in [0.4, 0.5) is 0 Å². The molecule has 110 valence electrons. The summed E-state index contributed by atoms with van der Waals surface area (Å²) in [6, 6.07) is 4.35. The van der Waals surface area contributed by atoms with E-state index in [0.717, 1.165) is 23.7 Å². The van der Waals surface area contributed by atoms with Gasteiger partial charge >= 0.3 is 0 Å². The molecule has 0 bridgehead atoms. The highest BCUT2D eigenvalue weighted by molar-refractivity contribution is 7.99. The van der Waals surface area contributed by atoms with Crippen LogP contribution in [0.5, 0.6) is 11.5 Å². The number of nitrogens with one attached hydrogen (secondary N) is 1. The molecule has 1 fully saturated rings. The van der Waals surface area contributed by atoms with E-state index in [1.807, 2.05) is 18.7 Å². The summed E-state index contributed by atoms with van der Waals surface area (Å²) < 4.78 is 11.8. The molecule has 2 aliphatic rings. The Hall–Kier alpha value is -0.870. The van der Waals surface area contributed by atoms with Crippen molar-refractivity contribution in [3.63, 3.8) is 0 Å². The van der Waals surface area contributed by atoms with Crippen LogP contribution in [0.1, 0.15) is 44.2 Å². The van der Waals surface area contributed by atoms with E-state index in [-0.39, 0.29) is 17.0 Å². The molecule has 3 rings (SSSR count). The van der Waals surface area contributed by atoms with E-state index in [1.54, 1.807) is 0 Å². The quantitative estimate of drug-likeness (QED) is 0.923. The molecule has 3 nitrogen and oxygen atoms in total. The summed E-state index contributed by atoms with van der Waals surface area (Å²) in [6.45, 7) is 9.34. The lowest BCUT2D eigenvalue weighted by atomic mass is 10.0. The van der Waals surface area contributed by atoms with Crippen LogP contribution in [0.25, 0.3) is 0 Å². The molecule has 0 spiro atoms. The topological polar surface area (TPSA) is 30.5 Å². The number of ether oxygens (including phenoxy) is 2. The smallest absolute Gasteiger partial charge is 0.125 e. The summed E-state index contributed by atoms with van der Waals surface area (Å²) in [5.41, 5.74) is 2.66. The average molecular weight is 293 g/mol. The molecule has 1 saturated heterocycles. The number of hydrogen-bond donors (Lipinski definition) is 1. The molecule has 1 aromatic carbocycles. The third kappa shape index (κ3) is 2.63. The maximum Gasteiger partial charge on any atom is 0.125 e.